The van der Waals surface area contributed by atoms with E-state index in [0.717, 1.165) is 14.2 Å². The maximum absolute atomic E-state index is 5.84. The van der Waals surface area contributed by atoms with Crippen molar-refractivity contribution in [2.45, 2.75) is 29.6 Å². The molecule has 0 aliphatic rings. The molecule has 0 amide bonds. The Bertz CT molecular complexity index is 583. The minimum atomic E-state index is 0.418. The maximum Gasteiger partial charge on any atom is 0.133 e. The number of benzene rings is 1. The summed E-state index contributed by atoms with van der Waals surface area (Å²) < 4.78 is 6.48. The smallest absolute Gasteiger partial charge is 0.133 e. The van der Waals surface area contributed by atoms with Crippen LogP contribution in [0.1, 0.15) is 25.3 Å². The van der Waals surface area contributed by atoms with Crippen LogP contribution in [0.25, 0.3) is 0 Å². The number of nitrogens with two attached hydrogens (primary N) is 1. The number of ether oxygens (including phenoxy) is 1. The van der Waals surface area contributed by atoms with Gasteiger partial charge in [-0.3, -0.25) is 5.10 Å². The average Bonchev–Trinajstić information content (AvgIpc) is 2.75. The first kappa shape index (κ1) is 14.5. The molecule has 0 aliphatic carbocycles. The van der Waals surface area contributed by atoms with E-state index in [2.05, 4.69) is 58.8 Å². The molecule has 1 aromatic heterocycles. The summed E-state index contributed by atoms with van der Waals surface area (Å²) >= 11 is 3.91. The molecule has 1 heterocycles. The zero-order chi connectivity index (χ0) is 14.0. The number of nitrogen functional groups attached to an aromatic ring is 1. The maximum atomic E-state index is 5.84. The van der Waals surface area contributed by atoms with E-state index in [1.54, 1.807) is 25.1 Å². The van der Waals surface area contributed by atoms with E-state index < -0.39 is 0 Å². The molecule has 19 heavy (non-hydrogen) atoms. The lowest BCUT2D eigenvalue weighted by Crippen LogP contribution is -1.96. The molecule has 0 fully saturated rings. The highest BCUT2D eigenvalue weighted by Gasteiger charge is 2.14. The molecule has 0 saturated heterocycles. The van der Waals surface area contributed by atoms with Gasteiger partial charge in [0.2, 0.25) is 0 Å². The molecule has 1 aromatic carbocycles. The molecule has 0 unspecified atom stereocenters. The van der Waals surface area contributed by atoms with E-state index in [1.807, 2.05) is 0 Å². The Balaban J connectivity index is 2.44. The molecule has 0 radical (unpaired) electrons. The Morgan fingerprint density at radius 3 is 2.63 bits per heavy atom. The molecule has 3 N–H and O–H groups in total. The van der Waals surface area contributed by atoms with E-state index in [0.29, 0.717) is 11.7 Å². The van der Waals surface area contributed by atoms with Gasteiger partial charge in [-0.2, -0.15) is 5.10 Å². The SMILES string of the molecule is COc1cc(C(C)C)c(Sc2cn[nH]c2N)cc1I. The topological polar surface area (TPSA) is 63.9 Å². The third kappa shape index (κ3) is 3.17. The first-order chi connectivity index (χ1) is 9.02. The van der Waals surface area contributed by atoms with Gasteiger partial charge in [0.25, 0.3) is 0 Å². The summed E-state index contributed by atoms with van der Waals surface area (Å²) in [6.45, 7) is 4.34. The summed E-state index contributed by atoms with van der Waals surface area (Å²) in [5.74, 6) is 1.93. The lowest BCUT2D eigenvalue weighted by atomic mass is 10.0. The first-order valence-electron chi connectivity index (χ1n) is 5.87. The van der Waals surface area contributed by atoms with Crippen LogP contribution in [-0.2, 0) is 0 Å². The second-order valence-corrected chi connectivity index (χ2v) is 6.68. The number of aromatic nitrogens is 2. The lowest BCUT2D eigenvalue weighted by Gasteiger charge is -2.15. The molecular weight excluding hydrogens is 373 g/mol. The molecule has 4 nitrogen and oxygen atoms in total. The number of rotatable bonds is 4. The lowest BCUT2D eigenvalue weighted by molar-refractivity contribution is 0.410. The van der Waals surface area contributed by atoms with E-state index in [9.17, 15) is 0 Å². The van der Waals surface area contributed by atoms with Crippen LogP contribution in [0, 0.1) is 3.57 Å². The van der Waals surface area contributed by atoms with Crippen LogP contribution in [0.3, 0.4) is 0 Å². The van der Waals surface area contributed by atoms with Crippen molar-refractivity contribution in [3.8, 4) is 5.75 Å². The normalized spacial score (nSPS) is 11.0. The van der Waals surface area contributed by atoms with Crippen LogP contribution in [0.5, 0.6) is 5.75 Å². The number of H-pyrrole nitrogens is 1. The van der Waals surface area contributed by atoms with Crippen molar-refractivity contribution in [2.24, 2.45) is 0 Å². The summed E-state index contributed by atoms with van der Waals surface area (Å²) in [5.41, 5.74) is 7.10. The molecule has 0 atom stereocenters. The fourth-order valence-corrected chi connectivity index (χ4v) is 3.72. The van der Waals surface area contributed by atoms with Gasteiger partial charge in [0.05, 0.1) is 21.8 Å². The first-order valence-corrected chi connectivity index (χ1v) is 7.76. The Morgan fingerprint density at radius 2 is 2.11 bits per heavy atom. The minimum absolute atomic E-state index is 0.418. The van der Waals surface area contributed by atoms with E-state index >= 15 is 0 Å². The number of nitrogens with one attached hydrogen (secondary N) is 1. The summed E-state index contributed by atoms with van der Waals surface area (Å²) in [6.07, 6.45) is 1.75. The fourth-order valence-electron chi connectivity index (χ4n) is 1.73. The van der Waals surface area contributed by atoms with Crippen LogP contribution >= 0.6 is 34.4 Å². The molecule has 102 valence electrons. The third-order valence-electron chi connectivity index (χ3n) is 2.76. The minimum Gasteiger partial charge on any atom is -0.496 e. The third-order valence-corrected chi connectivity index (χ3v) is 4.72. The summed E-state index contributed by atoms with van der Waals surface area (Å²) in [7, 11) is 1.70. The largest absolute Gasteiger partial charge is 0.496 e. The Hall–Kier alpha value is -0.890. The molecular formula is C13H16IN3OS. The van der Waals surface area contributed by atoms with Gasteiger partial charge in [-0.25, -0.2) is 0 Å². The molecule has 2 rings (SSSR count). The van der Waals surface area contributed by atoms with E-state index in [1.165, 1.54) is 10.5 Å². The zero-order valence-electron chi connectivity index (χ0n) is 11.0. The van der Waals surface area contributed by atoms with Gasteiger partial charge in [-0.05, 0) is 46.2 Å². The average molecular weight is 389 g/mol. The number of aromatic amines is 1. The van der Waals surface area contributed by atoms with Crippen molar-refractivity contribution < 1.29 is 4.74 Å². The highest BCUT2D eigenvalue weighted by molar-refractivity contribution is 14.1. The molecule has 0 aliphatic heterocycles. The fraction of sp³-hybridized carbons (Fsp3) is 0.308. The summed E-state index contributed by atoms with van der Waals surface area (Å²) in [6, 6.07) is 4.23. The zero-order valence-corrected chi connectivity index (χ0v) is 14.0. The van der Waals surface area contributed by atoms with Gasteiger partial charge in [0, 0.05) is 4.90 Å². The van der Waals surface area contributed by atoms with E-state index in [-0.39, 0.29) is 0 Å². The number of nitrogens with zero attached hydrogens (tertiary/aromatic N) is 1. The Morgan fingerprint density at radius 1 is 1.37 bits per heavy atom. The number of anilines is 1. The van der Waals surface area contributed by atoms with Crippen molar-refractivity contribution >= 4 is 40.2 Å². The number of hydrogen-bond donors (Lipinski definition) is 2. The predicted molar refractivity (Wildman–Crippen MR) is 86.9 cm³/mol. The molecule has 0 spiro atoms. The summed E-state index contributed by atoms with van der Waals surface area (Å²) in [5, 5.41) is 6.71. The van der Waals surface area contributed by atoms with Crippen molar-refractivity contribution in [1.29, 1.82) is 0 Å². The molecule has 6 heteroatoms. The highest BCUT2D eigenvalue weighted by Crippen LogP contribution is 2.39. The number of methoxy groups -OCH3 is 1. The monoisotopic (exact) mass is 389 g/mol. The number of hydrogen-bond acceptors (Lipinski definition) is 4. The number of halogens is 1. The van der Waals surface area contributed by atoms with Crippen molar-refractivity contribution in [1.82, 2.24) is 10.2 Å². The van der Waals surface area contributed by atoms with Crippen LogP contribution in [-0.4, -0.2) is 17.3 Å². The summed E-state index contributed by atoms with van der Waals surface area (Å²) in [4.78, 5) is 2.14. The van der Waals surface area contributed by atoms with Gasteiger partial charge < -0.3 is 10.5 Å². The van der Waals surface area contributed by atoms with Gasteiger partial charge in [0.1, 0.15) is 11.6 Å². The van der Waals surface area contributed by atoms with Crippen molar-refractivity contribution in [3.05, 3.63) is 27.5 Å². The molecule has 0 bridgehead atoms. The van der Waals surface area contributed by atoms with Crippen molar-refractivity contribution in [3.63, 3.8) is 0 Å². The van der Waals surface area contributed by atoms with Crippen LogP contribution in [0.15, 0.2) is 28.1 Å². The van der Waals surface area contributed by atoms with Gasteiger partial charge in [-0.15, -0.1) is 0 Å². The molecule has 0 saturated carbocycles. The van der Waals surface area contributed by atoms with Gasteiger partial charge in [0.15, 0.2) is 0 Å². The van der Waals surface area contributed by atoms with Crippen molar-refractivity contribution in [2.75, 3.05) is 12.8 Å². The van der Waals surface area contributed by atoms with Gasteiger partial charge >= 0.3 is 0 Å². The highest BCUT2D eigenvalue weighted by atomic mass is 127. The quantitative estimate of drug-likeness (QED) is 0.780. The van der Waals surface area contributed by atoms with Gasteiger partial charge in [-0.1, -0.05) is 25.6 Å². The van der Waals surface area contributed by atoms with Crippen LogP contribution in [0.2, 0.25) is 0 Å². The Labute approximate surface area is 130 Å². The van der Waals surface area contributed by atoms with E-state index in [4.69, 9.17) is 10.5 Å². The standard InChI is InChI=1S/C13H16IN3OS/c1-7(2)8-4-10(18-3)9(14)5-11(8)19-12-6-16-17-13(12)15/h4-7H,1-3H3,(H3,15,16,17). The molecule has 2 aromatic rings. The van der Waals surface area contributed by atoms with Crippen LogP contribution in [0.4, 0.5) is 5.82 Å². The van der Waals surface area contributed by atoms with Crippen LogP contribution < -0.4 is 10.5 Å². The second-order valence-electron chi connectivity index (χ2n) is 4.43. The predicted octanol–water partition coefficient (Wildman–Crippen LogP) is 3.88. The Kier molecular flexibility index (Phi) is 4.62. The second kappa shape index (κ2) is 6.04.